The van der Waals surface area contributed by atoms with Gasteiger partial charge in [0.15, 0.2) is 5.13 Å². The van der Waals surface area contributed by atoms with Crippen molar-refractivity contribution in [3.8, 4) is 5.75 Å². The molecule has 4 nitrogen and oxygen atoms in total. The molecule has 2 aromatic carbocycles. The summed E-state index contributed by atoms with van der Waals surface area (Å²) in [5, 5.41) is 3.45. The van der Waals surface area contributed by atoms with E-state index in [2.05, 4.69) is 10.3 Å². The van der Waals surface area contributed by atoms with Crippen LogP contribution in [0.15, 0.2) is 54.6 Å². The van der Waals surface area contributed by atoms with Gasteiger partial charge >= 0.3 is 0 Å². The quantitative estimate of drug-likeness (QED) is 0.740. The number of aryl methyl sites for hydroxylation is 2. The highest BCUT2D eigenvalue weighted by Gasteiger charge is 2.10. The molecule has 5 heteroatoms. The lowest BCUT2D eigenvalue weighted by molar-refractivity contribution is 0.102. The summed E-state index contributed by atoms with van der Waals surface area (Å²) in [7, 11) is 0. The van der Waals surface area contributed by atoms with Crippen LogP contribution in [0.2, 0.25) is 0 Å². The van der Waals surface area contributed by atoms with Crippen LogP contribution < -0.4 is 10.1 Å². The number of hydrogen-bond acceptors (Lipinski definition) is 4. The zero-order chi connectivity index (χ0) is 16.9. The molecule has 0 aliphatic carbocycles. The second-order valence-corrected chi connectivity index (χ2v) is 6.62. The molecule has 122 valence electrons. The van der Waals surface area contributed by atoms with Gasteiger partial charge in [0.1, 0.15) is 12.4 Å². The van der Waals surface area contributed by atoms with E-state index in [1.165, 1.54) is 11.3 Å². The van der Waals surface area contributed by atoms with Gasteiger partial charge in [-0.15, -0.1) is 11.3 Å². The van der Waals surface area contributed by atoms with Gasteiger partial charge in [-0.1, -0.05) is 30.3 Å². The summed E-state index contributed by atoms with van der Waals surface area (Å²) in [5.74, 6) is 0.565. The Morgan fingerprint density at radius 2 is 1.79 bits per heavy atom. The molecule has 1 N–H and O–H groups in total. The van der Waals surface area contributed by atoms with Crippen LogP contribution in [0.4, 0.5) is 5.13 Å². The first-order chi connectivity index (χ1) is 11.6. The topological polar surface area (TPSA) is 51.2 Å². The number of carbonyl (C=O) groups excluding carboxylic acids is 1. The van der Waals surface area contributed by atoms with Crippen molar-refractivity contribution in [2.45, 2.75) is 20.5 Å². The highest BCUT2D eigenvalue weighted by Crippen LogP contribution is 2.22. The number of carbonyl (C=O) groups is 1. The number of amides is 1. The number of benzene rings is 2. The first-order valence-electron chi connectivity index (χ1n) is 7.64. The SMILES string of the molecule is Cc1nc(NC(=O)c2ccc(OCc3ccccc3)cc2)sc1C. The Morgan fingerprint density at radius 3 is 2.42 bits per heavy atom. The molecule has 0 aliphatic rings. The Kier molecular flexibility index (Phi) is 4.91. The maximum atomic E-state index is 12.2. The molecule has 0 fully saturated rings. The first kappa shape index (κ1) is 16.2. The number of ether oxygens (including phenoxy) is 1. The van der Waals surface area contributed by atoms with Gasteiger partial charge in [-0.05, 0) is 43.7 Å². The number of nitrogens with one attached hydrogen (secondary N) is 1. The molecule has 0 saturated carbocycles. The Balaban J connectivity index is 1.60. The van der Waals surface area contributed by atoms with E-state index in [9.17, 15) is 4.79 Å². The van der Waals surface area contributed by atoms with Gasteiger partial charge in [-0.25, -0.2) is 4.98 Å². The molecule has 0 spiro atoms. The minimum absolute atomic E-state index is 0.168. The molecule has 0 unspecified atom stereocenters. The number of thiazole rings is 1. The third-order valence-electron chi connectivity index (χ3n) is 3.61. The van der Waals surface area contributed by atoms with E-state index < -0.39 is 0 Å². The van der Waals surface area contributed by atoms with Crippen molar-refractivity contribution in [1.29, 1.82) is 0 Å². The standard InChI is InChI=1S/C19H18N2O2S/c1-13-14(2)24-19(20-13)21-18(22)16-8-10-17(11-9-16)23-12-15-6-4-3-5-7-15/h3-11H,12H2,1-2H3,(H,20,21,22). The van der Waals surface area contributed by atoms with Crippen molar-refractivity contribution in [3.63, 3.8) is 0 Å². The molecule has 24 heavy (non-hydrogen) atoms. The minimum atomic E-state index is -0.168. The maximum Gasteiger partial charge on any atom is 0.257 e. The summed E-state index contributed by atoms with van der Waals surface area (Å²) in [5.41, 5.74) is 2.63. The summed E-state index contributed by atoms with van der Waals surface area (Å²) < 4.78 is 5.72. The zero-order valence-corrected chi connectivity index (χ0v) is 14.4. The molecule has 0 radical (unpaired) electrons. The van der Waals surface area contributed by atoms with Crippen LogP contribution in [-0.4, -0.2) is 10.9 Å². The van der Waals surface area contributed by atoms with Crippen molar-refractivity contribution >= 4 is 22.4 Å². The molecule has 1 aromatic heterocycles. The lowest BCUT2D eigenvalue weighted by atomic mass is 10.2. The van der Waals surface area contributed by atoms with Crippen LogP contribution >= 0.6 is 11.3 Å². The van der Waals surface area contributed by atoms with Gasteiger partial charge in [0.25, 0.3) is 5.91 Å². The van der Waals surface area contributed by atoms with Crippen LogP contribution in [0.3, 0.4) is 0 Å². The Bertz CT molecular complexity index is 807. The van der Waals surface area contributed by atoms with Crippen molar-refractivity contribution in [2.24, 2.45) is 0 Å². The average molecular weight is 338 g/mol. The fourth-order valence-corrected chi connectivity index (χ4v) is 2.95. The van der Waals surface area contributed by atoms with E-state index in [4.69, 9.17) is 4.74 Å². The summed E-state index contributed by atoms with van der Waals surface area (Å²) >= 11 is 1.48. The summed E-state index contributed by atoms with van der Waals surface area (Å²) in [4.78, 5) is 17.7. The summed E-state index contributed by atoms with van der Waals surface area (Å²) in [6.45, 7) is 4.42. The number of nitrogens with zero attached hydrogens (tertiary/aromatic N) is 1. The van der Waals surface area contributed by atoms with E-state index in [0.29, 0.717) is 17.3 Å². The minimum Gasteiger partial charge on any atom is -0.489 e. The second-order valence-electron chi connectivity index (χ2n) is 5.41. The number of hydrogen-bond donors (Lipinski definition) is 1. The fourth-order valence-electron chi connectivity index (χ4n) is 2.14. The Hall–Kier alpha value is -2.66. The number of aromatic nitrogens is 1. The monoisotopic (exact) mass is 338 g/mol. The summed E-state index contributed by atoms with van der Waals surface area (Å²) in [6, 6.07) is 17.1. The van der Waals surface area contributed by atoms with Gasteiger partial charge in [0.05, 0.1) is 5.69 Å². The van der Waals surface area contributed by atoms with Gasteiger partial charge in [0, 0.05) is 10.4 Å². The zero-order valence-electron chi connectivity index (χ0n) is 13.6. The number of anilines is 1. The van der Waals surface area contributed by atoms with Crippen molar-refractivity contribution < 1.29 is 9.53 Å². The Labute approximate surface area is 145 Å². The van der Waals surface area contributed by atoms with Crippen molar-refractivity contribution in [3.05, 3.63) is 76.3 Å². The molecule has 3 aromatic rings. The van der Waals surface area contributed by atoms with E-state index in [-0.39, 0.29) is 5.91 Å². The molecule has 0 saturated heterocycles. The number of rotatable bonds is 5. The molecule has 3 rings (SSSR count). The highest BCUT2D eigenvalue weighted by atomic mass is 32.1. The van der Waals surface area contributed by atoms with E-state index in [1.54, 1.807) is 24.3 Å². The van der Waals surface area contributed by atoms with Crippen LogP contribution in [0.5, 0.6) is 5.75 Å². The normalized spacial score (nSPS) is 10.4. The largest absolute Gasteiger partial charge is 0.489 e. The lowest BCUT2D eigenvalue weighted by Crippen LogP contribution is -2.11. The van der Waals surface area contributed by atoms with Gasteiger partial charge in [-0.2, -0.15) is 0 Å². The average Bonchev–Trinajstić information content (AvgIpc) is 2.92. The highest BCUT2D eigenvalue weighted by molar-refractivity contribution is 7.15. The van der Waals surface area contributed by atoms with Crippen LogP contribution in [-0.2, 0) is 6.61 Å². The third kappa shape index (κ3) is 4.00. The predicted molar refractivity (Wildman–Crippen MR) is 96.8 cm³/mol. The van der Waals surface area contributed by atoms with Crippen molar-refractivity contribution in [2.75, 3.05) is 5.32 Å². The van der Waals surface area contributed by atoms with E-state index in [1.807, 2.05) is 44.2 Å². The summed E-state index contributed by atoms with van der Waals surface area (Å²) in [6.07, 6.45) is 0. The molecule has 0 atom stereocenters. The molecular weight excluding hydrogens is 320 g/mol. The molecular formula is C19H18N2O2S. The van der Waals surface area contributed by atoms with Crippen molar-refractivity contribution in [1.82, 2.24) is 4.98 Å². The van der Waals surface area contributed by atoms with Crippen LogP contribution in [0.1, 0.15) is 26.5 Å². The molecule has 0 aliphatic heterocycles. The van der Waals surface area contributed by atoms with Gasteiger partial charge in [0.2, 0.25) is 0 Å². The third-order valence-corrected chi connectivity index (χ3v) is 4.60. The van der Waals surface area contributed by atoms with E-state index in [0.717, 1.165) is 21.9 Å². The van der Waals surface area contributed by atoms with Crippen LogP contribution in [0, 0.1) is 13.8 Å². The van der Waals surface area contributed by atoms with Crippen LogP contribution in [0.25, 0.3) is 0 Å². The fraction of sp³-hybridized carbons (Fsp3) is 0.158. The van der Waals surface area contributed by atoms with E-state index >= 15 is 0 Å². The second kappa shape index (κ2) is 7.27. The smallest absolute Gasteiger partial charge is 0.257 e. The van der Waals surface area contributed by atoms with Gasteiger partial charge < -0.3 is 4.74 Å². The predicted octanol–water partition coefficient (Wildman–Crippen LogP) is 4.59. The Morgan fingerprint density at radius 1 is 1.08 bits per heavy atom. The van der Waals surface area contributed by atoms with Gasteiger partial charge in [-0.3, -0.25) is 10.1 Å². The molecule has 1 heterocycles. The first-order valence-corrected chi connectivity index (χ1v) is 8.45. The molecule has 1 amide bonds. The lowest BCUT2D eigenvalue weighted by Gasteiger charge is -2.07. The molecule has 0 bridgehead atoms. The maximum absolute atomic E-state index is 12.2.